The molecule has 2 rings (SSSR count). The minimum absolute atomic E-state index is 0.363. The fourth-order valence-electron chi connectivity index (χ4n) is 2.49. The van der Waals surface area contributed by atoms with Crippen LogP contribution in [0.5, 0.6) is 0 Å². The molecule has 0 radical (unpaired) electrons. The van der Waals surface area contributed by atoms with Crippen molar-refractivity contribution < 1.29 is 8.42 Å². The molecule has 1 fully saturated rings. The van der Waals surface area contributed by atoms with E-state index >= 15 is 0 Å². The topological polar surface area (TPSA) is 52.6 Å². The van der Waals surface area contributed by atoms with Gasteiger partial charge in [0.15, 0.2) is 5.11 Å². The highest BCUT2D eigenvalue weighted by molar-refractivity contribution is 7.89. The molecule has 0 amide bonds. The number of sulfonamides is 1. The van der Waals surface area contributed by atoms with E-state index in [9.17, 15) is 8.42 Å². The van der Waals surface area contributed by atoms with E-state index in [1.807, 2.05) is 31.7 Å². The quantitative estimate of drug-likeness (QED) is 0.652. The summed E-state index contributed by atoms with van der Waals surface area (Å²) in [5.74, 6) is 0. The van der Waals surface area contributed by atoms with Gasteiger partial charge in [0.1, 0.15) is 0 Å². The predicted octanol–water partition coefficient (Wildman–Crippen LogP) is 2.06. The number of nitrogens with one attached hydrogen (secondary N) is 1. The minimum Gasteiger partial charge on any atom is -0.359 e. The van der Waals surface area contributed by atoms with Crippen LogP contribution in [-0.4, -0.2) is 55.5 Å². The largest absolute Gasteiger partial charge is 0.359 e. The van der Waals surface area contributed by atoms with E-state index in [1.165, 1.54) is 4.31 Å². The molecule has 0 aromatic heterocycles. The predicted molar refractivity (Wildman–Crippen MR) is 102 cm³/mol. The Morgan fingerprint density at radius 1 is 1.21 bits per heavy atom. The lowest BCUT2D eigenvalue weighted by Gasteiger charge is -2.35. The molecule has 1 heterocycles. The van der Waals surface area contributed by atoms with Crippen LogP contribution >= 0.6 is 12.2 Å². The van der Waals surface area contributed by atoms with Crippen molar-refractivity contribution in [2.45, 2.75) is 25.7 Å². The molecule has 1 aromatic rings. The maximum Gasteiger partial charge on any atom is 0.243 e. The van der Waals surface area contributed by atoms with Gasteiger partial charge in [0.05, 0.1) is 4.90 Å². The number of hydrogen-bond donors (Lipinski definition) is 1. The number of piperazine rings is 1. The number of nitrogens with zero attached hydrogens (tertiary/aromatic N) is 2. The standard InChI is InChI=1S/C17H25N3O2S2/c1-13(2)12-18-17(23)19-7-9-20(10-8-19)24(21,22)16-6-5-14(3)15(4)11-16/h5-6,11H,1,7-10,12H2,2-4H3,(H,18,23). The fourth-order valence-corrected chi connectivity index (χ4v) is 4.26. The van der Waals surface area contributed by atoms with Crippen LogP contribution in [0.1, 0.15) is 18.1 Å². The van der Waals surface area contributed by atoms with E-state index in [-0.39, 0.29) is 0 Å². The second-order valence-electron chi connectivity index (χ2n) is 6.25. The second kappa shape index (κ2) is 7.63. The summed E-state index contributed by atoms with van der Waals surface area (Å²) in [4.78, 5) is 2.37. The van der Waals surface area contributed by atoms with Gasteiger partial charge in [0, 0.05) is 32.7 Å². The molecular formula is C17H25N3O2S2. The number of thiocarbonyl (C=S) groups is 1. The molecule has 0 atom stereocenters. The summed E-state index contributed by atoms with van der Waals surface area (Å²) in [6, 6.07) is 5.29. The Hall–Kier alpha value is -1.44. The van der Waals surface area contributed by atoms with E-state index in [4.69, 9.17) is 12.2 Å². The zero-order valence-corrected chi connectivity index (χ0v) is 16.1. The van der Waals surface area contributed by atoms with Crippen LogP contribution in [0.4, 0.5) is 0 Å². The Labute approximate surface area is 150 Å². The molecule has 0 saturated carbocycles. The van der Waals surface area contributed by atoms with Crippen LogP contribution in [-0.2, 0) is 10.0 Å². The number of rotatable bonds is 4. The monoisotopic (exact) mass is 367 g/mol. The molecule has 0 aliphatic carbocycles. The Morgan fingerprint density at radius 2 is 1.83 bits per heavy atom. The molecule has 24 heavy (non-hydrogen) atoms. The smallest absolute Gasteiger partial charge is 0.243 e. The lowest BCUT2D eigenvalue weighted by atomic mass is 10.1. The third-order valence-corrected chi connectivity index (χ3v) is 6.48. The average Bonchev–Trinajstić information content (AvgIpc) is 2.55. The third kappa shape index (κ3) is 4.34. The van der Waals surface area contributed by atoms with Gasteiger partial charge in [-0.2, -0.15) is 4.31 Å². The number of benzene rings is 1. The van der Waals surface area contributed by atoms with Crippen LogP contribution in [0.15, 0.2) is 35.2 Å². The Kier molecular flexibility index (Phi) is 6.01. The second-order valence-corrected chi connectivity index (χ2v) is 8.58. The molecule has 7 heteroatoms. The molecule has 0 unspecified atom stereocenters. The first kappa shape index (κ1) is 18.9. The Balaban J connectivity index is 2.01. The summed E-state index contributed by atoms with van der Waals surface area (Å²) >= 11 is 5.36. The summed E-state index contributed by atoms with van der Waals surface area (Å²) in [7, 11) is -3.45. The first-order chi connectivity index (χ1) is 11.2. The lowest BCUT2D eigenvalue weighted by Crippen LogP contribution is -2.53. The molecule has 0 spiro atoms. The molecule has 1 N–H and O–H groups in total. The van der Waals surface area contributed by atoms with Crippen LogP contribution in [0.3, 0.4) is 0 Å². The van der Waals surface area contributed by atoms with Gasteiger partial charge in [0.25, 0.3) is 0 Å². The first-order valence-electron chi connectivity index (χ1n) is 7.96. The first-order valence-corrected chi connectivity index (χ1v) is 9.81. The summed E-state index contributed by atoms with van der Waals surface area (Å²) in [6.07, 6.45) is 0. The maximum absolute atomic E-state index is 12.8. The molecule has 5 nitrogen and oxygen atoms in total. The summed E-state index contributed by atoms with van der Waals surface area (Å²) in [5.41, 5.74) is 3.08. The normalized spacial score (nSPS) is 16.0. The van der Waals surface area contributed by atoms with Crippen molar-refractivity contribution in [2.24, 2.45) is 0 Å². The molecule has 0 bridgehead atoms. The molecule has 1 aliphatic rings. The highest BCUT2D eigenvalue weighted by Crippen LogP contribution is 2.20. The highest BCUT2D eigenvalue weighted by Gasteiger charge is 2.29. The average molecular weight is 368 g/mol. The van der Waals surface area contributed by atoms with Crippen molar-refractivity contribution in [1.82, 2.24) is 14.5 Å². The van der Waals surface area contributed by atoms with E-state index in [2.05, 4.69) is 11.9 Å². The summed E-state index contributed by atoms with van der Waals surface area (Å²) in [6.45, 7) is 12.4. The number of hydrogen-bond acceptors (Lipinski definition) is 3. The van der Waals surface area contributed by atoms with Crippen molar-refractivity contribution in [2.75, 3.05) is 32.7 Å². The molecule has 1 aliphatic heterocycles. The molecule has 132 valence electrons. The lowest BCUT2D eigenvalue weighted by molar-refractivity contribution is 0.264. The van der Waals surface area contributed by atoms with E-state index in [0.717, 1.165) is 16.7 Å². The van der Waals surface area contributed by atoms with Gasteiger partial charge in [-0.05, 0) is 56.2 Å². The minimum atomic E-state index is -3.45. The number of aryl methyl sites for hydroxylation is 2. The van der Waals surface area contributed by atoms with E-state index in [1.54, 1.807) is 12.1 Å². The Bertz CT molecular complexity index is 736. The van der Waals surface area contributed by atoms with Crippen LogP contribution in [0.2, 0.25) is 0 Å². The van der Waals surface area contributed by atoms with E-state index in [0.29, 0.717) is 42.7 Å². The van der Waals surface area contributed by atoms with Gasteiger partial charge >= 0.3 is 0 Å². The summed E-state index contributed by atoms with van der Waals surface area (Å²) in [5, 5.41) is 3.79. The van der Waals surface area contributed by atoms with Crippen molar-refractivity contribution >= 4 is 27.4 Å². The maximum atomic E-state index is 12.8. The van der Waals surface area contributed by atoms with Gasteiger partial charge < -0.3 is 10.2 Å². The Morgan fingerprint density at radius 3 is 2.38 bits per heavy atom. The third-order valence-electron chi connectivity index (χ3n) is 4.18. The molecule has 1 aromatic carbocycles. The van der Waals surface area contributed by atoms with Crippen LogP contribution < -0.4 is 5.32 Å². The zero-order valence-electron chi connectivity index (χ0n) is 14.5. The van der Waals surface area contributed by atoms with Gasteiger partial charge in [0.2, 0.25) is 10.0 Å². The van der Waals surface area contributed by atoms with E-state index < -0.39 is 10.0 Å². The van der Waals surface area contributed by atoms with Gasteiger partial charge in [-0.25, -0.2) is 8.42 Å². The summed E-state index contributed by atoms with van der Waals surface area (Å²) < 4.78 is 27.1. The van der Waals surface area contributed by atoms with Crippen LogP contribution in [0.25, 0.3) is 0 Å². The fraction of sp³-hybridized carbons (Fsp3) is 0.471. The zero-order chi connectivity index (χ0) is 17.9. The van der Waals surface area contributed by atoms with Crippen molar-refractivity contribution in [3.63, 3.8) is 0 Å². The molecular weight excluding hydrogens is 342 g/mol. The van der Waals surface area contributed by atoms with Crippen molar-refractivity contribution in [1.29, 1.82) is 0 Å². The van der Waals surface area contributed by atoms with Gasteiger partial charge in [-0.15, -0.1) is 0 Å². The van der Waals surface area contributed by atoms with Crippen molar-refractivity contribution in [3.05, 3.63) is 41.5 Å². The van der Waals surface area contributed by atoms with Gasteiger partial charge in [-0.1, -0.05) is 18.2 Å². The molecule has 1 saturated heterocycles. The van der Waals surface area contributed by atoms with Crippen molar-refractivity contribution in [3.8, 4) is 0 Å². The van der Waals surface area contributed by atoms with Crippen LogP contribution in [0, 0.1) is 13.8 Å². The highest BCUT2D eigenvalue weighted by atomic mass is 32.2. The van der Waals surface area contributed by atoms with Gasteiger partial charge in [-0.3, -0.25) is 0 Å². The SMILES string of the molecule is C=C(C)CNC(=S)N1CCN(S(=O)(=O)c2ccc(C)c(C)c2)CC1.